The number of nitrogen functional groups attached to an aromatic ring is 1. The molecule has 0 atom stereocenters. The SMILES string of the molecule is CCCCCCOCCCCCCCCc1nc2ccccc2cc1N. The van der Waals surface area contributed by atoms with Crippen LogP contribution in [0.5, 0.6) is 0 Å². The minimum atomic E-state index is 0.833. The van der Waals surface area contributed by atoms with Gasteiger partial charge in [0.2, 0.25) is 0 Å². The second-order valence-electron chi connectivity index (χ2n) is 7.26. The number of nitrogens with two attached hydrogens (primary N) is 1. The summed E-state index contributed by atoms with van der Waals surface area (Å²) in [6.45, 7) is 4.12. The quantitative estimate of drug-likeness (QED) is 0.404. The largest absolute Gasteiger partial charge is 0.397 e. The predicted molar refractivity (Wildman–Crippen MR) is 113 cm³/mol. The number of aromatic nitrogens is 1. The Balaban J connectivity index is 1.49. The van der Waals surface area contributed by atoms with Crippen LogP contribution in [-0.2, 0) is 11.2 Å². The first kappa shape index (κ1) is 20.7. The van der Waals surface area contributed by atoms with Crippen molar-refractivity contribution in [2.75, 3.05) is 18.9 Å². The van der Waals surface area contributed by atoms with Gasteiger partial charge in [-0.05, 0) is 37.8 Å². The summed E-state index contributed by atoms with van der Waals surface area (Å²) < 4.78 is 5.69. The number of anilines is 1. The van der Waals surface area contributed by atoms with Crippen LogP contribution in [-0.4, -0.2) is 18.2 Å². The molecule has 0 spiro atoms. The Kier molecular flexibility index (Phi) is 10.1. The van der Waals surface area contributed by atoms with Gasteiger partial charge in [0.1, 0.15) is 0 Å². The number of fused-ring (bicyclic) bond motifs is 1. The molecule has 144 valence electrons. The van der Waals surface area contributed by atoms with Crippen LogP contribution >= 0.6 is 0 Å². The Morgan fingerprint density at radius 2 is 1.50 bits per heavy atom. The Morgan fingerprint density at radius 1 is 0.846 bits per heavy atom. The number of unbranched alkanes of at least 4 members (excludes halogenated alkanes) is 8. The molecular weight excluding hydrogens is 320 g/mol. The Bertz CT molecular complexity index is 627. The molecule has 26 heavy (non-hydrogen) atoms. The number of rotatable bonds is 14. The van der Waals surface area contributed by atoms with Gasteiger partial charge in [0.25, 0.3) is 0 Å². The number of hydrogen-bond donors (Lipinski definition) is 1. The molecule has 2 rings (SSSR count). The molecule has 0 fully saturated rings. The zero-order valence-electron chi connectivity index (χ0n) is 16.5. The molecule has 0 aliphatic heterocycles. The van der Waals surface area contributed by atoms with Gasteiger partial charge in [0.15, 0.2) is 0 Å². The van der Waals surface area contributed by atoms with Crippen molar-refractivity contribution in [3.63, 3.8) is 0 Å². The van der Waals surface area contributed by atoms with E-state index in [9.17, 15) is 0 Å². The van der Waals surface area contributed by atoms with Gasteiger partial charge in [-0.1, -0.05) is 70.1 Å². The van der Waals surface area contributed by atoms with Crippen LogP contribution in [0, 0.1) is 0 Å². The normalized spacial score (nSPS) is 11.3. The van der Waals surface area contributed by atoms with Gasteiger partial charge in [-0.15, -0.1) is 0 Å². The molecule has 1 aromatic heterocycles. The summed E-state index contributed by atoms with van der Waals surface area (Å²) in [6, 6.07) is 10.2. The number of pyridine rings is 1. The van der Waals surface area contributed by atoms with Crippen molar-refractivity contribution in [3.05, 3.63) is 36.0 Å². The summed E-state index contributed by atoms with van der Waals surface area (Å²) in [5.41, 5.74) is 9.09. The lowest BCUT2D eigenvalue weighted by Crippen LogP contribution is -1.99. The molecule has 0 bridgehead atoms. The van der Waals surface area contributed by atoms with Crippen LogP contribution in [0.3, 0.4) is 0 Å². The fourth-order valence-corrected chi connectivity index (χ4v) is 3.31. The second-order valence-corrected chi connectivity index (χ2v) is 7.26. The van der Waals surface area contributed by atoms with Crippen LogP contribution in [0.25, 0.3) is 10.9 Å². The van der Waals surface area contributed by atoms with E-state index in [1.165, 1.54) is 64.2 Å². The molecule has 1 aromatic carbocycles. The second kappa shape index (κ2) is 12.7. The first-order valence-electron chi connectivity index (χ1n) is 10.5. The summed E-state index contributed by atoms with van der Waals surface area (Å²) >= 11 is 0. The maximum atomic E-state index is 6.16. The summed E-state index contributed by atoms with van der Waals surface area (Å²) in [5, 5.41) is 1.13. The third-order valence-corrected chi connectivity index (χ3v) is 4.93. The molecule has 0 aliphatic rings. The van der Waals surface area contributed by atoms with Gasteiger partial charge >= 0.3 is 0 Å². The third kappa shape index (κ3) is 7.74. The van der Waals surface area contributed by atoms with Gasteiger partial charge in [-0.2, -0.15) is 0 Å². The molecule has 0 aliphatic carbocycles. The Hall–Kier alpha value is -1.61. The average molecular weight is 357 g/mol. The summed E-state index contributed by atoms with van der Waals surface area (Å²) in [7, 11) is 0. The van der Waals surface area contributed by atoms with Gasteiger partial charge in [0, 0.05) is 18.6 Å². The Labute approximate surface area is 159 Å². The highest BCUT2D eigenvalue weighted by molar-refractivity contribution is 5.82. The molecule has 0 radical (unpaired) electrons. The molecule has 0 unspecified atom stereocenters. The fraction of sp³-hybridized carbons (Fsp3) is 0.609. The molecule has 3 heteroatoms. The smallest absolute Gasteiger partial charge is 0.0706 e. The van der Waals surface area contributed by atoms with Gasteiger partial charge in [-0.3, -0.25) is 4.98 Å². The van der Waals surface area contributed by atoms with Crippen molar-refractivity contribution in [1.29, 1.82) is 0 Å². The number of nitrogens with zero attached hydrogens (tertiary/aromatic N) is 1. The minimum Gasteiger partial charge on any atom is -0.397 e. The zero-order chi connectivity index (χ0) is 18.5. The number of para-hydroxylation sites is 1. The van der Waals surface area contributed by atoms with Crippen LogP contribution in [0.15, 0.2) is 30.3 Å². The molecule has 0 amide bonds. The fourth-order valence-electron chi connectivity index (χ4n) is 3.31. The van der Waals surface area contributed by atoms with Crippen molar-refractivity contribution in [1.82, 2.24) is 4.98 Å². The average Bonchev–Trinajstić information content (AvgIpc) is 2.65. The molecule has 0 saturated carbocycles. The number of ether oxygens (including phenoxy) is 1. The summed E-state index contributed by atoms with van der Waals surface area (Å²) in [5.74, 6) is 0. The van der Waals surface area contributed by atoms with E-state index in [1.807, 2.05) is 12.1 Å². The standard InChI is InChI=1S/C23H36N2O/c1-2-3-4-12-17-26-18-13-8-6-5-7-9-16-23-21(24)19-20-14-10-11-15-22(20)25-23/h10-11,14-15,19H,2-9,12-13,16-18,24H2,1H3. The van der Waals surface area contributed by atoms with Crippen LogP contribution in [0.1, 0.15) is 76.8 Å². The van der Waals surface area contributed by atoms with Gasteiger partial charge < -0.3 is 10.5 Å². The lowest BCUT2D eigenvalue weighted by Gasteiger charge is -2.07. The summed E-state index contributed by atoms with van der Waals surface area (Å²) in [4.78, 5) is 4.73. The van der Waals surface area contributed by atoms with E-state index in [-0.39, 0.29) is 0 Å². The molecule has 2 aromatic rings. The third-order valence-electron chi connectivity index (χ3n) is 4.93. The number of aryl methyl sites for hydroxylation is 1. The highest BCUT2D eigenvalue weighted by atomic mass is 16.5. The predicted octanol–water partition coefficient (Wildman–Crippen LogP) is 6.30. The van der Waals surface area contributed by atoms with Crippen molar-refractivity contribution < 1.29 is 4.74 Å². The van der Waals surface area contributed by atoms with Crippen molar-refractivity contribution in [2.45, 2.75) is 77.6 Å². The van der Waals surface area contributed by atoms with E-state index in [1.54, 1.807) is 0 Å². The Morgan fingerprint density at radius 3 is 2.27 bits per heavy atom. The minimum absolute atomic E-state index is 0.833. The van der Waals surface area contributed by atoms with Crippen molar-refractivity contribution in [3.8, 4) is 0 Å². The summed E-state index contributed by atoms with van der Waals surface area (Å²) in [6.07, 6.45) is 13.7. The highest BCUT2D eigenvalue weighted by Gasteiger charge is 2.04. The zero-order valence-corrected chi connectivity index (χ0v) is 16.5. The van der Waals surface area contributed by atoms with Crippen LogP contribution < -0.4 is 5.73 Å². The number of benzene rings is 1. The van der Waals surface area contributed by atoms with Crippen LogP contribution in [0.2, 0.25) is 0 Å². The van der Waals surface area contributed by atoms with Crippen molar-refractivity contribution >= 4 is 16.6 Å². The van der Waals surface area contributed by atoms with E-state index < -0.39 is 0 Å². The molecular formula is C23H36N2O. The number of hydrogen-bond acceptors (Lipinski definition) is 3. The van der Waals surface area contributed by atoms with Gasteiger partial charge in [0.05, 0.1) is 16.9 Å². The topological polar surface area (TPSA) is 48.1 Å². The van der Waals surface area contributed by atoms with Crippen molar-refractivity contribution in [2.24, 2.45) is 0 Å². The first-order chi connectivity index (χ1) is 12.8. The highest BCUT2D eigenvalue weighted by Crippen LogP contribution is 2.20. The lowest BCUT2D eigenvalue weighted by molar-refractivity contribution is 0.125. The lowest BCUT2D eigenvalue weighted by atomic mass is 10.1. The van der Waals surface area contributed by atoms with Gasteiger partial charge in [-0.25, -0.2) is 0 Å². The maximum absolute atomic E-state index is 6.16. The first-order valence-corrected chi connectivity index (χ1v) is 10.5. The van der Waals surface area contributed by atoms with E-state index in [0.29, 0.717) is 0 Å². The molecule has 2 N–H and O–H groups in total. The van der Waals surface area contributed by atoms with E-state index in [4.69, 9.17) is 15.5 Å². The molecule has 3 nitrogen and oxygen atoms in total. The van der Waals surface area contributed by atoms with E-state index in [2.05, 4.69) is 25.1 Å². The molecule has 1 heterocycles. The molecule has 0 saturated heterocycles. The van der Waals surface area contributed by atoms with Crippen LogP contribution in [0.4, 0.5) is 5.69 Å². The maximum Gasteiger partial charge on any atom is 0.0706 e. The van der Waals surface area contributed by atoms with E-state index in [0.717, 1.165) is 41.9 Å². The monoisotopic (exact) mass is 356 g/mol. The van der Waals surface area contributed by atoms with E-state index >= 15 is 0 Å².